The van der Waals surface area contributed by atoms with Crippen LogP contribution in [-0.2, 0) is 42.4 Å². The molecule has 0 unspecified atom stereocenters. The summed E-state index contributed by atoms with van der Waals surface area (Å²) in [5.74, 6) is -0.739. The SMILES string of the molecule is Cc1ccc(NC(=O)C2(c3ccc4c(c3)OC(F)(F)O4)CC2)nc1-c1cccc(C(=O)NCCOCCOCC(=O)NCc2ccc(-c3ccc4c(=O)n(CC5(O)CCN(C(=O)C[C@@H](C)c6ccccc6)CC5)cnn34)cc2)c1. The molecule has 1 atom stereocenters. The molecule has 7 aromatic rings. The maximum absolute atomic E-state index is 13.6. The highest BCUT2D eigenvalue weighted by atomic mass is 19.3. The summed E-state index contributed by atoms with van der Waals surface area (Å²) in [7, 11) is 0. The number of rotatable bonds is 21. The van der Waals surface area contributed by atoms with E-state index in [-0.39, 0.29) is 92.7 Å². The van der Waals surface area contributed by atoms with Gasteiger partial charge < -0.3 is 44.9 Å². The Morgan fingerprint density at radius 1 is 0.797 bits per heavy atom. The zero-order valence-corrected chi connectivity index (χ0v) is 43.7. The second-order valence-corrected chi connectivity index (χ2v) is 20.4. The van der Waals surface area contributed by atoms with Gasteiger partial charge in [-0.3, -0.25) is 28.5 Å². The number of piperidine rings is 1. The number of carbonyl (C=O) groups is 4. The summed E-state index contributed by atoms with van der Waals surface area (Å²) in [6, 6.07) is 35.8. The van der Waals surface area contributed by atoms with E-state index < -0.39 is 17.3 Å². The van der Waals surface area contributed by atoms with Crippen LogP contribution in [0.1, 0.15) is 77.6 Å². The molecule has 3 aliphatic rings. The summed E-state index contributed by atoms with van der Waals surface area (Å²) in [4.78, 5) is 72.5. The number of ether oxygens (including phenoxy) is 4. The van der Waals surface area contributed by atoms with Crippen LogP contribution >= 0.6 is 0 Å². The number of carbonyl (C=O) groups excluding carboxylic acids is 4. The van der Waals surface area contributed by atoms with Crippen molar-refractivity contribution >= 4 is 35.0 Å². The monoisotopic (exact) mass is 1080 g/mol. The lowest BCUT2D eigenvalue weighted by Gasteiger charge is -2.38. The number of alkyl halides is 2. The van der Waals surface area contributed by atoms with Crippen LogP contribution in [-0.4, -0.2) is 111 Å². The Morgan fingerprint density at radius 3 is 2.33 bits per heavy atom. The minimum atomic E-state index is -3.76. The number of amides is 4. The molecular weight excluding hydrogens is 1020 g/mol. The molecule has 0 radical (unpaired) electrons. The fourth-order valence-electron chi connectivity index (χ4n) is 10.0. The first-order chi connectivity index (χ1) is 38.0. The summed E-state index contributed by atoms with van der Waals surface area (Å²) in [6.07, 6.45) is -0.189. The fourth-order valence-corrected chi connectivity index (χ4v) is 10.0. The number of hydrogen-bond acceptors (Lipinski definition) is 12. The van der Waals surface area contributed by atoms with Crippen LogP contribution in [0.3, 0.4) is 0 Å². The molecule has 5 heterocycles. The lowest BCUT2D eigenvalue weighted by Crippen LogP contribution is -2.49. The zero-order valence-electron chi connectivity index (χ0n) is 43.7. The quantitative estimate of drug-likeness (QED) is 0.0528. The number of aliphatic hydroxyl groups is 1. The average Bonchev–Trinajstić information content (AvgIpc) is 4.20. The molecular formula is C59H60F2N8O10. The highest BCUT2D eigenvalue weighted by Crippen LogP contribution is 2.52. The molecule has 4 aromatic carbocycles. The Morgan fingerprint density at radius 2 is 1.56 bits per heavy atom. The number of pyridine rings is 1. The van der Waals surface area contributed by atoms with Crippen molar-refractivity contribution in [3.63, 3.8) is 0 Å². The summed E-state index contributed by atoms with van der Waals surface area (Å²) in [5, 5.41) is 24.6. The molecule has 79 heavy (non-hydrogen) atoms. The molecule has 1 saturated heterocycles. The zero-order chi connectivity index (χ0) is 55.3. The molecule has 20 heteroatoms. The Labute approximate surface area is 453 Å². The van der Waals surface area contributed by atoms with Crippen molar-refractivity contribution in [1.29, 1.82) is 0 Å². The van der Waals surface area contributed by atoms with Gasteiger partial charge in [0.25, 0.3) is 11.5 Å². The Hall–Kier alpha value is -8.33. The number of nitrogens with one attached hydrogen (secondary N) is 3. The van der Waals surface area contributed by atoms with Gasteiger partial charge in [0.05, 0.1) is 48.8 Å². The number of nitrogens with zero attached hydrogens (tertiary/aromatic N) is 5. The van der Waals surface area contributed by atoms with Crippen LogP contribution in [0.4, 0.5) is 14.6 Å². The van der Waals surface area contributed by atoms with Crippen molar-refractivity contribution in [2.24, 2.45) is 0 Å². The molecule has 10 rings (SSSR count). The van der Waals surface area contributed by atoms with Crippen LogP contribution in [0.25, 0.3) is 28.0 Å². The number of likely N-dealkylation sites (tertiary alicyclic amines) is 1. The van der Waals surface area contributed by atoms with Gasteiger partial charge in [0, 0.05) is 49.3 Å². The van der Waals surface area contributed by atoms with E-state index in [1.165, 1.54) is 23.0 Å². The topological polar surface area (TPSA) is 217 Å². The molecule has 18 nitrogen and oxygen atoms in total. The van der Waals surface area contributed by atoms with Crippen LogP contribution in [0.2, 0.25) is 0 Å². The van der Waals surface area contributed by atoms with Crippen molar-refractivity contribution in [2.45, 2.75) is 82.3 Å². The Kier molecular flexibility index (Phi) is 15.7. The first-order valence-corrected chi connectivity index (χ1v) is 26.3. The first-order valence-electron chi connectivity index (χ1n) is 26.3. The molecule has 1 aliphatic carbocycles. The van der Waals surface area contributed by atoms with Crippen LogP contribution in [0, 0.1) is 6.92 Å². The number of aromatic nitrogens is 4. The van der Waals surface area contributed by atoms with Crippen LogP contribution in [0.5, 0.6) is 11.5 Å². The third kappa shape index (κ3) is 12.5. The third-order valence-electron chi connectivity index (χ3n) is 14.8. The number of fused-ring (bicyclic) bond motifs is 2. The van der Waals surface area contributed by atoms with Crippen molar-refractivity contribution in [2.75, 3.05) is 51.4 Å². The van der Waals surface area contributed by atoms with Crippen LogP contribution in [0.15, 0.2) is 132 Å². The van der Waals surface area contributed by atoms with E-state index in [2.05, 4.69) is 30.5 Å². The maximum atomic E-state index is 13.6. The second kappa shape index (κ2) is 22.9. The van der Waals surface area contributed by atoms with Gasteiger partial charge in [0.1, 0.15) is 24.3 Å². The van der Waals surface area contributed by atoms with E-state index >= 15 is 0 Å². The van der Waals surface area contributed by atoms with Crippen LogP contribution < -0.4 is 31.0 Å². The number of benzene rings is 4. The smallest absolute Gasteiger partial charge is 0.395 e. The molecule has 4 N–H and O–H groups in total. The largest absolute Gasteiger partial charge is 0.586 e. The lowest BCUT2D eigenvalue weighted by atomic mass is 9.90. The van der Waals surface area contributed by atoms with E-state index in [1.54, 1.807) is 45.8 Å². The summed E-state index contributed by atoms with van der Waals surface area (Å²) in [6.45, 7) is 5.67. The Bertz CT molecular complexity index is 3450. The van der Waals surface area contributed by atoms with E-state index in [0.717, 1.165) is 22.3 Å². The van der Waals surface area contributed by atoms with E-state index in [4.69, 9.17) is 14.5 Å². The van der Waals surface area contributed by atoms with Crippen molar-refractivity contribution in [3.8, 4) is 34.0 Å². The van der Waals surface area contributed by atoms with Gasteiger partial charge >= 0.3 is 6.29 Å². The van der Waals surface area contributed by atoms with Gasteiger partial charge in [0.15, 0.2) is 11.5 Å². The van der Waals surface area contributed by atoms with Gasteiger partial charge in [0.2, 0.25) is 17.7 Å². The van der Waals surface area contributed by atoms with Crippen molar-refractivity contribution in [1.82, 2.24) is 34.7 Å². The Balaban J connectivity index is 0.615. The average molecular weight is 1080 g/mol. The molecule has 2 aliphatic heterocycles. The third-order valence-corrected chi connectivity index (χ3v) is 14.8. The fraction of sp³-hybridized carbons (Fsp3) is 0.339. The highest BCUT2D eigenvalue weighted by molar-refractivity contribution is 6.01. The van der Waals surface area contributed by atoms with Crippen molar-refractivity contribution < 1.29 is 52.0 Å². The van der Waals surface area contributed by atoms with E-state index in [0.29, 0.717) is 84.6 Å². The predicted molar refractivity (Wildman–Crippen MR) is 288 cm³/mol. The van der Waals surface area contributed by atoms with Gasteiger partial charge in [-0.1, -0.05) is 85.8 Å². The summed E-state index contributed by atoms with van der Waals surface area (Å²) in [5.41, 5.74) is 4.46. The van der Waals surface area contributed by atoms with Crippen molar-refractivity contribution in [3.05, 3.63) is 166 Å². The summed E-state index contributed by atoms with van der Waals surface area (Å²) >= 11 is 0. The highest BCUT2D eigenvalue weighted by Gasteiger charge is 2.53. The van der Waals surface area contributed by atoms with Gasteiger partial charge in [-0.25, -0.2) is 9.50 Å². The number of aryl methyl sites for hydroxylation is 1. The number of halogens is 2. The van der Waals surface area contributed by atoms with Gasteiger partial charge in [-0.05, 0) is 103 Å². The summed E-state index contributed by atoms with van der Waals surface area (Å²) < 4.78 is 50.5. The number of anilines is 1. The minimum Gasteiger partial charge on any atom is -0.395 e. The lowest BCUT2D eigenvalue weighted by molar-refractivity contribution is -0.286. The normalized spacial score (nSPS) is 16.0. The molecule has 4 amide bonds. The predicted octanol–water partition coefficient (Wildman–Crippen LogP) is 7.15. The minimum absolute atomic E-state index is 0.0544. The molecule has 0 spiro atoms. The first kappa shape index (κ1) is 54.0. The standard InChI is InChI=1S/C59H60F2N8O10/c1-38-11-20-50(66-56(74)58(21-22-58)45-16-19-48-49(33-45)79-59(60,61)78-48)65-53(38)43-9-6-10-44(32-43)54(72)62-25-28-76-29-30-77-35-51(70)63-34-40-12-14-42(15-13-40)46-17-18-47-55(73)68(37-64-69(46)47)36-57(75)23-26-67(27-24-57)52(71)31-39(2)41-7-4-3-5-8-41/h3-20,32-33,37,39,75H,21-31,34-36H2,1-2H3,(H,62,72)(H,63,70)(H,65,66,74)/t39-/m1/s1. The van der Waals surface area contributed by atoms with Gasteiger partial charge in [-0.15, -0.1) is 8.78 Å². The van der Waals surface area contributed by atoms with E-state index in [9.17, 15) is 37.9 Å². The second-order valence-electron chi connectivity index (χ2n) is 20.4. The maximum Gasteiger partial charge on any atom is 0.586 e. The van der Waals surface area contributed by atoms with Gasteiger partial charge in [-0.2, -0.15) is 5.10 Å². The molecule has 2 fully saturated rings. The van der Waals surface area contributed by atoms with E-state index in [1.807, 2.05) is 86.6 Å². The molecule has 1 saturated carbocycles. The molecule has 3 aromatic heterocycles. The molecule has 410 valence electrons. The number of hydrogen-bond donors (Lipinski definition) is 4. The molecule has 0 bridgehead atoms.